The molecule has 0 aromatic carbocycles. The molecule has 0 aliphatic carbocycles. The van der Waals surface area contributed by atoms with Crippen LogP contribution in [0.3, 0.4) is 0 Å². The van der Waals surface area contributed by atoms with E-state index in [1.807, 2.05) is 33.3 Å². The van der Waals surface area contributed by atoms with Crippen molar-refractivity contribution < 1.29 is 37.3 Å². The summed E-state index contributed by atoms with van der Waals surface area (Å²) in [7, 11) is 1.19. The van der Waals surface area contributed by atoms with E-state index in [0.29, 0.717) is 17.4 Å². The molecule has 3 unspecified atom stereocenters. The molecule has 92 heavy (non-hydrogen) atoms. The molecule has 0 aromatic heterocycles. The molecule has 0 spiro atoms. The van der Waals surface area contributed by atoms with Gasteiger partial charge in [0, 0.05) is 12.8 Å². The zero-order chi connectivity index (χ0) is 67.0. The van der Waals surface area contributed by atoms with Crippen molar-refractivity contribution in [2.24, 2.45) is 0 Å². The van der Waals surface area contributed by atoms with Gasteiger partial charge in [-0.25, -0.2) is 0 Å². The molecule has 0 rings (SSSR count). The topological polar surface area (TPSA) is 114 Å². The van der Waals surface area contributed by atoms with Gasteiger partial charge in [-0.3, -0.25) is 14.2 Å². The largest absolute Gasteiger partial charge is 0.756 e. The Morgan fingerprint density at radius 1 is 0.380 bits per heavy atom. The van der Waals surface area contributed by atoms with Crippen LogP contribution < -0.4 is 10.2 Å². The van der Waals surface area contributed by atoms with Gasteiger partial charge >= 0.3 is 5.97 Å². The minimum atomic E-state index is -4.71. The number of carbonyl (C=O) groups is 2. The average molecular weight is 1310 g/mol. The molecule has 1 N–H and O–H groups in total. The van der Waals surface area contributed by atoms with Crippen LogP contribution in [0.25, 0.3) is 0 Å². The van der Waals surface area contributed by atoms with Gasteiger partial charge in [0.15, 0.2) is 0 Å². The number of likely N-dealkylation sites (N-methyl/N-ethyl adjacent to an activating group) is 1. The van der Waals surface area contributed by atoms with Crippen molar-refractivity contribution in [1.82, 2.24) is 5.32 Å². The van der Waals surface area contributed by atoms with Crippen molar-refractivity contribution in [3.8, 4) is 0 Å². The number of quaternary nitrogens is 1. The van der Waals surface area contributed by atoms with Gasteiger partial charge in [-0.2, -0.15) is 0 Å². The number of carbonyl (C=O) groups excluding carboxylic acids is 2. The van der Waals surface area contributed by atoms with E-state index in [1.165, 1.54) is 276 Å². The van der Waals surface area contributed by atoms with Gasteiger partial charge in [0.1, 0.15) is 19.3 Å². The number of unbranched alkanes of at least 4 members (excludes halogenated alkanes) is 47. The lowest BCUT2D eigenvalue weighted by Gasteiger charge is -2.30. The van der Waals surface area contributed by atoms with Crippen molar-refractivity contribution in [2.75, 3.05) is 40.9 Å². The fourth-order valence-electron chi connectivity index (χ4n) is 11.7. The smallest absolute Gasteiger partial charge is 0.306 e. The number of phosphoric acid groups is 1. The summed E-state index contributed by atoms with van der Waals surface area (Å²) in [5.41, 5.74) is 0. The second-order valence-corrected chi connectivity index (χ2v) is 29.6. The first kappa shape index (κ1) is 89.5. The predicted octanol–water partition coefficient (Wildman–Crippen LogP) is 25.2. The maximum atomic E-state index is 13.7. The van der Waals surface area contributed by atoms with Gasteiger partial charge in [-0.15, -0.1) is 0 Å². The van der Waals surface area contributed by atoms with Gasteiger partial charge in [-0.1, -0.05) is 344 Å². The summed E-state index contributed by atoms with van der Waals surface area (Å²) in [6, 6.07) is -0.892. The Balaban J connectivity index is 4.92. The normalized spacial score (nSPS) is 13.8. The van der Waals surface area contributed by atoms with E-state index in [1.54, 1.807) is 0 Å². The van der Waals surface area contributed by atoms with E-state index in [0.717, 1.165) is 77.0 Å². The molecule has 0 saturated carbocycles. The van der Waals surface area contributed by atoms with Crippen molar-refractivity contribution in [3.63, 3.8) is 0 Å². The van der Waals surface area contributed by atoms with E-state index in [4.69, 9.17) is 13.8 Å². The summed E-state index contributed by atoms with van der Waals surface area (Å²) >= 11 is 0. The van der Waals surface area contributed by atoms with Crippen LogP contribution in [-0.4, -0.2) is 69.4 Å². The monoisotopic (exact) mass is 1310 g/mol. The molecule has 0 bridgehead atoms. The lowest BCUT2D eigenvalue weighted by atomic mass is 10.0. The van der Waals surface area contributed by atoms with Gasteiger partial charge in [0.2, 0.25) is 5.91 Å². The van der Waals surface area contributed by atoms with Crippen LogP contribution in [0.2, 0.25) is 0 Å². The average Bonchev–Trinajstić information content (AvgIpc) is 3.72. The molecular weight excluding hydrogens is 1160 g/mol. The van der Waals surface area contributed by atoms with Crippen molar-refractivity contribution in [3.05, 3.63) is 72.9 Å². The molecule has 0 fully saturated rings. The summed E-state index contributed by atoms with van der Waals surface area (Å²) in [5.74, 6) is -0.529. The van der Waals surface area contributed by atoms with Gasteiger partial charge < -0.3 is 28.5 Å². The molecule has 0 heterocycles. The second-order valence-electron chi connectivity index (χ2n) is 28.2. The van der Waals surface area contributed by atoms with Crippen molar-refractivity contribution >= 4 is 19.7 Å². The van der Waals surface area contributed by atoms with Crippen LogP contribution >= 0.6 is 7.82 Å². The summed E-state index contributed by atoms with van der Waals surface area (Å²) in [6.07, 6.45) is 94.7. The van der Waals surface area contributed by atoms with E-state index in [2.05, 4.69) is 86.8 Å². The van der Waals surface area contributed by atoms with Gasteiger partial charge in [0.25, 0.3) is 7.82 Å². The minimum absolute atomic E-state index is 0.0227. The highest BCUT2D eigenvalue weighted by Gasteiger charge is 2.27. The number of allylic oxidation sites excluding steroid dienone is 11. The molecule has 0 aliphatic heterocycles. The zero-order valence-corrected chi connectivity index (χ0v) is 62.7. The van der Waals surface area contributed by atoms with Crippen LogP contribution in [-0.2, 0) is 27.9 Å². The summed E-state index contributed by atoms with van der Waals surface area (Å²) < 4.78 is 30.5. The molecule has 0 saturated heterocycles. The van der Waals surface area contributed by atoms with Crippen LogP contribution in [0.15, 0.2) is 72.9 Å². The maximum Gasteiger partial charge on any atom is 0.306 e. The van der Waals surface area contributed by atoms with Crippen molar-refractivity contribution in [1.29, 1.82) is 0 Å². The van der Waals surface area contributed by atoms with E-state index in [9.17, 15) is 19.0 Å². The molecule has 10 heteroatoms. The molecule has 1 amide bonds. The molecule has 3 atom stereocenters. The second kappa shape index (κ2) is 71.2. The van der Waals surface area contributed by atoms with E-state index < -0.39 is 20.0 Å². The SMILES string of the molecule is CCCCC/C=C\C/C=C\C/C=C\C/C=C\CCCCCCCCCCCCCC(=O)OC(/C=C/CCCCCCCCCCCC)C(COP(=O)([O-])OCC[N+](C)(C)C)NC(=O)CCCCCCCCCCCCCCCCCCC/C=C/CCCCCCCC. The number of ether oxygens (including phenoxy) is 1. The van der Waals surface area contributed by atoms with Crippen LogP contribution in [0.4, 0.5) is 0 Å². The van der Waals surface area contributed by atoms with Gasteiger partial charge in [0.05, 0.1) is 33.8 Å². The standard InChI is InChI=1S/C82H153N2O7P/c1-7-10-13-16-19-22-25-28-30-32-34-36-38-40-42-44-46-48-50-52-54-56-59-62-65-68-71-74-81(85)83-79(78-90-92(87,88)89-77-76-84(4,5)6)80(73-70-67-64-61-58-27-24-21-18-15-12-9-3)91-82(86)75-72-69-66-63-60-57-55-53-51-49-47-45-43-41-39-37-35-33-31-29-26-23-20-17-14-11-8-2/h20,23,28-31,35,37,41,43,70,73,79-80H,7-19,21-22,24-27,32-34,36,38-40,42,44-69,71-72,74-78H2,1-6H3,(H-,83,85,87,88)/b23-20-,30-28+,31-29-,37-35-,43-41-,73-70+. The first-order valence-electron chi connectivity index (χ1n) is 39.7. The lowest BCUT2D eigenvalue weighted by molar-refractivity contribution is -0.870. The van der Waals surface area contributed by atoms with E-state index in [-0.39, 0.29) is 31.5 Å². The van der Waals surface area contributed by atoms with E-state index >= 15 is 0 Å². The Kier molecular flexibility index (Phi) is 69.3. The third-order valence-electron chi connectivity index (χ3n) is 17.9. The minimum Gasteiger partial charge on any atom is -0.756 e. The van der Waals surface area contributed by atoms with Crippen LogP contribution in [0, 0.1) is 0 Å². The quantitative estimate of drug-likeness (QED) is 0.0212. The zero-order valence-electron chi connectivity index (χ0n) is 61.8. The number of hydrogen-bond donors (Lipinski definition) is 1. The summed E-state index contributed by atoms with van der Waals surface area (Å²) in [4.78, 5) is 40.3. The molecule has 538 valence electrons. The molecule has 0 aromatic rings. The Morgan fingerprint density at radius 3 is 1.02 bits per heavy atom. The maximum absolute atomic E-state index is 13.7. The Labute approximate surface area is 572 Å². The van der Waals surface area contributed by atoms with Crippen molar-refractivity contribution in [2.45, 2.75) is 399 Å². The Bertz CT molecular complexity index is 1800. The van der Waals surface area contributed by atoms with Crippen LogP contribution in [0.5, 0.6) is 0 Å². The number of rotatable bonds is 73. The number of esters is 1. The highest BCUT2D eigenvalue weighted by molar-refractivity contribution is 7.45. The number of nitrogens with zero attached hydrogens (tertiary/aromatic N) is 1. The molecule has 0 aliphatic rings. The highest BCUT2D eigenvalue weighted by atomic mass is 31.2. The third-order valence-corrected chi connectivity index (χ3v) is 18.8. The first-order valence-corrected chi connectivity index (χ1v) is 41.2. The molecule has 9 nitrogen and oxygen atoms in total. The Morgan fingerprint density at radius 2 is 0.663 bits per heavy atom. The number of hydrogen-bond acceptors (Lipinski definition) is 7. The number of phosphoric ester groups is 1. The predicted molar refractivity (Wildman–Crippen MR) is 399 cm³/mol. The highest BCUT2D eigenvalue weighted by Crippen LogP contribution is 2.38. The fraction of sp³-hybridized carbons (Fsp3) is 0.829. The molecular formula is C82H153N2O7P. The molecule has 0 radical (unpaired) electrons. The third kappa shape index (κ3) is 71.7. The number of nitrogens with one attached hydrogen (secondary N) is 1. The number of amides is 1. The van der Waals surface area contributed by atoms with Crippen LogP contribution in [0.1, 0.15) is 387 Å². The lowest BCUT2D eigenvalue weighted by Crippen LogP contribution is -2.47. The summed E-state index contributed by atoms with van der Waals surface area (Å²) in [5, 5.41) is 3.06. The fourth-order valence-corrected chi connectivity index (χ4v) is 12.5. The summed E-state index contributed by atoms with van der Waals surface area (Å²) in [6.45, 7) is 6.86. The Hall–Kier alpha value is -2.55. The first-order chi connectivity index (χ1) is 44.9. The van der Waals surface area contributed by atoms with Gasteiger partial charge in [-0.05, 0) is 102 Å².